The number of benzene rings is 1. The van der Waals surface area contributed by atoms with E-state index in [9.17, 15) is 19.2 Å². The number of likely N-dealkylation sites (tertiary alicyclic amines) is 1. The molecular formula is C26H30N4O6. The Labute approximate surface area is 208 Å². The van der Waals surface area contributed by atoms with E-state index in [0.717, 1.165) is 24.8 Å². The molecule has 2 atom stereocenters. The van der Waals surface area contributed by atoms with Gasteiger partial charge < -0.3 is 19.1 Å². The standard InChI is InChI=1S/C26H30N4O6/c1-15(2)22-12-20(28-36-22)26(34)29-10-4-3-5-17(29)14-35-18-6-7-19-16(11-18)13-30(25(19)33)21-8-9-23(31)27-24(21)32/h6-7,11-12,15,17,21H,3-5,8-10,13-14H2,1-2H3,(H,27,31,32). The Kier molecular flexibility index (Phi) is 6.51. The second-order valence-corrected chi connectivity index (χ2v) is 9.95. The number of rotatable bonds is 6. The van der Waals surface area contributed by atoms with Crippen molar-refractivity contribution in [1.82, 2.24) is 20.3 Å². The molecule has 190 valence electrons. The van der Waals surface area contributed by atoms with Crippen molar-refractivity contribution in [3.8, 4) is 5.75 Å². The van der Waals surface area contributed by atoms with Crippen molar-refractivity contribution in [2.45, 2.75) is 70.5 Å². The summed E-state index contributed by atoms with van der Waals surface area (Å²) >= 11 is 0. The molecule has 1 aromatic heterocycles. The Balaban J connectivity index is 1.24. The van der Waals surface area contributed by atoms with E-state index in [1.807, 2.05) is 24.8 Å². The van der Waals surface area contributed by atoms with Crippen LogP contribution in [-0.2, 0) is 16.1 Å². The molecule has 0 bridgehead atoms. The van der Waals surface area contributed by atoms with Crippen LogP contribution >= 0.6 is 0 Å². The lowest BCUT2D eigenvalue weighted by Gasteiger charge is -2.35. The van der Waals surface area contributed by atoms with Crippen molar-refractivity contribution in [3.63, 3.8) is 0 Å². The molecule has 2 fully saturated rings. The number of amides is 4. The van der Waals surface area contributed by atoms with E-state index < -0.39 is 11.9 Å². The number of imide groups is 1. The SMILES string of the molecule is CC(C)c1cc(C(=O)N2CCCCC2COc2ccc3c(c2)CN(C2CCC(=O)NC2=O)C3=O)no1. The molecule has 4 heterocycles. The van der Waals surface area contributed by atoms with Crippen LogP contribution in [0.15, 0.2) is 28.8 Å². The first-order chi connectivity index (χ1) is 17.3. The Morgan fingerprint density at radius 1 is 1.19 bits per heavy atom. The quantitative estimate of drug-likeness (QED) is 0.613. The van der Waals surface area contributed by atoms with Gasteiger partial charge in [-0.15, -0.1) is 0 Å². The van der Waals surface area contributed by atoms with Gasteiger partial charge in [0, 0.05) is 37.1 Å². The third-order valence-electron chi connectivity index (χ3n) is 7.14. The maximum Gasteiger partial charge on any atom is 0.276 e. The maximum atomic E-state index is 13.1. The third kappa shape index (κ3) is 4.59. The van der Waals surface area contributed by atoms with E-state index >= 15 is 0 Å². The second-order valence-electron chi connectivity index (χ2n) is 9.95. The highest BCUT2D eigenvalue weighted by Crippen LogP contribution is 2.31. The first-order valence-electron chi connectivity index (χ1n) is 12.5. The van der Waals surface area contributed by atoms with Crippen LogP contribution in [0.5, 0.6) is 5.75 Å². The fraction of sp³-hybridized carbons (Fsp3) is 0.500. The van der Waals surface area contributed by atoms with Crippen LogP contribution in [0.25, 0.3) is 0 Å². The van der Waals surface area contributed by atoms with Crippen LogP contribution in [0.2, 0.25) is 0 Å². The van der Waals surface area contributed by atoms with Crippen molar-refractivity contribution < 1.29 is 28.4 Å². The Hall–Kier alpha value is -3.69. The van der Waals surface area contributed by atoms with Crippen LogP contribution in [0.3, 0.4) is 0 Å². The summed E-state index contributed by atoms with van der Waals surface area (Å²) in [5.41, 5.74) is 1.63. The number of hydrogen-bond donors (Lipinski definition) is 1. The van der Waals surface area contributed by atoms with E-state index in [0.29, 0.717) is 42.3 Å². The van der Waals surface area contributed by atoms with Crippen LogP contribution in [0.1, 0.15) is 84.0 Å². The second kappa shape index (κ2) is 9.75. The van der Waals surface area contributed by atoms with E-state index in [4.69, 9.17) is 9.26 Å². The van der Waals surface area contributed by atoms with E-state index in [-0.39, 0.29) is 42.6 Å². The summed E-state index contributed by atoms with van der Waals surface area (Å²) in [5, 5.41) is 6.29. The summed E-state index contributed by atoms with van der Waals surface area (Å²) in [6.07, 6.45) is 3.30. The molecular weight excluding hydrogens is 464 g/mol. The van der Waals surface area contributed by atoms with Gasteiger partial charge in [-0.25, -0.2) is 0 Å². The zero-order valence-electron chi connectivity index (χ0n) is 20.5. The van der Waals surface area contributed by atoms with Gasteiger partial charge in [0.05, 0.1) is 6.04 Å². The maximum absolute atomic E-state index is 13.1. The molecule has 3 aliphatic heterocycles. The molecule has 3 aliphatic rings. The highest BCUT2D eigenvalue weighted by atomic mass is 16.5. The van der Waals surface area contributed by atoms with Crippen molar-refractivity contribution >= 4 is 23.6 Å². The van der Waals surface area contributed by atoms with Gasteiger partial charge in [0.2, 0.25) is 11.8 Å². The van der Waals surface area contributed by atoms with Gasteiger partial charge in [0.15, 0.2) is 5.69 Å². The lowest BCUT2D eigenvalue weighted by Crippen LogP contribution is -2.52. The molecule has 2 unspecified atom stereocenters. The van der Waals surface area contributed by atoms with Crippen molar-refractivity contribution in [1.29, 1.82) is 0 Å². The first kappa shape index (κ1) is 24.0. The lowest BCUT2D eigenvalue weighted by molar-refractivity contribution is -0.136. The van der Waals surface area contributed by atoms with Crippen LogP contribution in [0.4, 0.5) is 0 Å². The molecule has 0 saturated carbocycles. The minimum atomic E-state index is -0.651. The van der Waals surface area contributed by atoms with Gasteiger partial charge in [0.1, 0.15) is 24.2 Å². The molecule has 4 amide bonds. The number of hydrogen-bond acceptors (Lipinski definition) is 7. The molecule has 2 aromatic rings. The third-order valence-corrected chi connectivity index (χ3v) is 7.14. The molecule has 10 heteroatoms. The van der Waals surface area contributed by atoms with Gasteiger partial charge in [-0.3, -0.25) is 24.5 Å². The number of nitrogens with one attached hydrogen (secondary N) is 1. The molecule has 0 spiro atoms. The minimum absolute atomic E-state index is 0.0969. The largest absolute Gasteiger partial charge is 0.491 e. The zero-order valence-corrected chi connectivity index (χ0v) is 20.5. The van der Waals surface area contributed by atoms with E-state index in [1.54, 1.807) is 18.2 Å². The Bertz CT molecular complexity index is 1200. The average Bonchev–Trinajstić information content (AvgIpc) is 3.48. The minimum Gasteiger partial charge on any atom is -0.491 e. The number of nitrogens with zero attached hydrogens (tertiary/aromatic N) is 3. The van der Waals surface area contributed by atoms with Crippen LogP contribution in [0, 0.1) is 0 Å². The van der Waals surface area contributed by atoms with Gasteiger partial charge in [-0.2, -0.15) is 0 Å². The van der Waals surface area contributed by atoms with Gasteiger partial charge >= 0.3 is 0 Å². The highest BCUT2D eigenvalue weighted by molar-refractivity contribution is 6.05. The van der Waals surface area contributed by atoms with Gasteiger partial charge in [-0.1, -0.05) is 19.0 Å². The number of carbonyl (C=O) groups is 4. The van der Waals surface area contributed by atoms with Crippen LogP contribution < -0.4 is 10.1 Å². The Morgan fingerprint density at radius 3 is 2.78 bits per heavy atom. The van der Waals surface area contributed by atoms with Gasteiger partial charge in [0.25, 0.3) is 11.8 Å². The fourth-order valence-corrected chi connectivity index (χ4v) is 5.08. The average molecular weight is 495 g/mol. The monoisotopic (exact) mass is 494 g/mol. The molecule has 0 radical (unpaired) electrons. The number of aromatic nitrogens is 1. The smallest absolute Gasteiger partial charge is 0.276 e. The fourth-order valence-electron chi connectivity index (χ4n) is 5.08. The number of piperidine rings is 2. The zero-order chi connectivity index (χ0) is 25.4. The van der Waals surface area contributed by atoms with E-state index in [1.165, 1.54) is 4.90 Å². The molecule has 2 saturated heterocycles. The highest BCUT2D eigenvalue weighted by Gasteiger charge is 2.39. The summed E-state index contributed by atoms with van der Waals surface area (Å²) in [6, 6.07) is 6.24. The molecule has 1 aromatic carbocycles. The van der Waals surface area contributed by atoms with Gasteiger partial charge in [-0.05, 0) is 49.4 Å². The first-order valence-corrected chi connectivity index (χ1v) is 12.5. The molecule has 36 heavy (non-hydrogen) atoms. The topological polar surface area (TPSA) is 122 Å². The summed E-state index contributed by atoms with van der Waals surface area (Å²) in [4.78, 5) is 53.1. The van der Waals surface area contributed by atoms with Crippen molar-refractivity contribution in [2.75, 3.05) is 13.2 Å². The van der Waals surface area contributed by atoms with Crippen molar-refractivity contribution in [3.05, 3.63) is 46.8 Å². The summed E-state index contributed by atoms with van der Waals surface area (Å²) in [5.74, 6) is 0.322. The predicted molar refractivity (Wildman–Crippen MR) is 127 cm³/mol. The number of ether oxygens (including phenoxy) is 1. The van der Waals surface area contributed by atoms with Crippen LogP contribution in [-0.4, -0.2) is 63.8 Å². The Morgan fingerprint density at radius 2 is 2.03 bits per heavy atom. The normalized spacial score (nSPS) is 22.1. The lowest BCUT2D eigenvalue weighted by atomic mass is 10.0. The predicted octanol–water partition coefficient (Wildman–Crippen LogP) is 2.63. The summed E-state index contributed by atoms with van der Waals surface area (Å²) < 4.78 is 11.4. The summed E-state index contributed by atoms with van der Waals surface area (Å²) in [6.45, 7) is 5.22. The van der Waals surface area contributed by atoms with E-state index in [2.05, 4.69) is 10.5 Å². The number of fused-ring (bicyclic) bond motifs is 1. The summed E-state index contributed by atoms with van der Waals surface area (Å²) in [7, 11) is 0. The number of carbonyl (C=O) groups excluding carboxylic acids is 4. The van der Waals surface area contributed by atoms with Crippen molar-refractivity contribution in [2.24, 2.45) is 0 Å². The molecule has 5 rings (SSSR count). The molecule has 1 N–H and O–H groups in total. The molecule has 10 nitrogen and oxygen atoms in total. The molecule has 0 aliphatic carbocycles.